The number of alkyl halides is 3. The number of rotatable bonds is 1. The summed E-state index contributed by atoms with van der Waals surface area (Å²) in [5.74, 6) is 0. The lowest BCUT2D eigenvalue weighted by atomic mass is 10.3. The van der Waals surface area contributed by atoms with Gasteiger partial charge in [-0.25, -0.2) is 0 Å². The second kappa shape index (κ2) is 4.25. The molecule has 2 aromatic rings. The second-order valence-electron chi connectivity index (χ2n) is 3.62. The molecule has 0 atom stereocenters. The summed E-state index contributed by atoms with van der Waals surface area (Å²) in [6, 6.07) is 4.55. The van der Waals surface area contributed by atoms with Gasteiger partial charge in [-0.3, -0.25) is 9.78 Å². The average Bonchev–Trinajstić information content (AvgIpc) is 2.29. The van der Waals surface area contributed by atoms with Crippen molar-refractivity contribution in [2.24, 2.45) is 0 Å². The average molecular weight is 255 g/mol. The van der Waals surface area contributed by atoms with Crippen molar-refractivity contribution < 1.29 is 13.2 Å². The van der Waals surface area contributed by atoms with Crippen molar-refractivity contribution in [2.75, 3.05) is 0 Å². The lowest BCUT2D eigenvalue weighted by Gasteiger charge is -2.08. The van der Waals surface area contributed by atoms with E-state index in [9.17, 15) is 18.0 Å². The molecule has 0 aliphatic heterocycles. The minimum atomic E-state index is -4.59. The van der Waals surface area contributed by atoms with Crippen LogP contribution in [0.3, 0.4) is 0 Å². The fourth-order valence-corrected chi connectivity index (χ4v) is 1.33. The van der Waals surface area contributed by atoms with Crippen LogP contribution in [0.5, 0.6) is 0 Å². The van der Waals surface area contributed by atoms with Gasteiger partial charge in [0.15, 0.2) is 5.69 Å². The predicted molar refractivity (Wildman–Crippen MR) is 57.4 cm³/mol. The Kier molecular flexibility index (Phi) is 2.90. The molecule has 2 rings (SSSR count). The van der Waals surface area contributed by atoms with Crippen LogP contribution in [0.1, 0.15) is 11.4 Å². The van der Waals surface area contributed by atoms with E-state index in [1.54, 1.807) is 13.0 Å². The van der Waals surface area contributed by atoms with Gasteiger partial charge in [0, 0.05) is 11.8 Å². The molecule has 0 aromatic carbocycles. The first-order valence-corrected chi connectivity index (χ1v) is 4.98. The summed E-state index contributed by atoms with van der Waals surface area (Å²) < 4.78 is 38.1. The van der Waals surface area contributed by atoms with Gasteiger partial charge in [-0.15, -0.1) is 0 Å². The van der Waals surface area contributed by atoms with Crippen molar-refractivity contribution in [3.8, 4) is 5.69 Å². The van der Waals surface area contributed by atoms with Gasteiger partial charge in [0.1, 0.15) is 0 Å². The minimum Gasteiger partial charge on any atom is -0.267 e. The molecule has 0 saturated carbocycles. The van der Waals surface area contributed by atoms with E-state index in [1.165, 1.54) is 12.3 Å². The second-order valence-corrected chi connectivity index (χ2v) is 3.62. The van der Waals surface area contributed by atoms with Crippen molar-refractivity contribution >= 4 is 0 Å². The molecule has 0 saturated heterocycles. The van der Waals surface area contributed by atoms with E-state index in [1.807, 2.05) is 0 Å². The van der Waals surface area contributed by atoms with Crippen LogP contribution < -0.4 is 5.56 Å². The molecule has 0 bridgehead atoms. The molecule has 2 heterocycles. The van der Waals surface area contributed by atoms with E-state index in [4.69, 9.17) is 0 Å². The lowest BCUT2D eigenvalue weighted by molar-refractivity contribution is -0.142. The smallest absolute Gasteiger partial charge is 0.267 e. The molecule has 0 aliphatic rings. The van der Waals surface area contributed by atoms with E-state index >= 15 is 0 Å². The zero-order chi connectivity index (χ0) is 13.3. The third kappa shape index (κ3) is 2.39. The van der Waals surface area contributed by atoms with E-state index < -0.39 is 17.4 Å². The Balaban J connectivity index is 2.57. The minimum absolute atomic E-state index is 0.191. The Hall–Kier alpha value is -2.18. The fraction of sp³-hybridized carbons (Fsp3) is 0.182. The van der Waals surface area contributed by atoms with Crippen molar-refractivity contribution in [1.82, 2.24) is 14.8 Å². The van der Waals surface area contributed by atoms with Crippen LogP contribution in [0.2, 0.25) is 0 Å². The summed E-state index contributed by atoms with van der Waals surface area (Å²) in [5, 5.41) is 3.28. The lowest BCUT2D eigenvalue weighted by Crippen LogP contribution is -2.24. The highest BCUT2D eigenvalue weighted by molar-refractivity contribution is 5.28. The maximum atomic E-state index is 12.5. The van der Waals surface area contributed by atoms with Gasteiger partial charge in [0.05, 0.1) is 11.9 Å². The molecular weight excluding hydrogens is 247 g/mol. The molecule has 0 radical (unpaired) electrons. The Morgan fingerprint density at radius 2 is 1.89 bits per heavy atom. The van der Waals surface area contributed by atoms with E-state index in [0.717, 1.165) is 6.07 Å². The first-order chi connectivity index (χ1) is 8.38. The van der Waals surface area contributed by atoms with Crippen LogP contribution in [0.25, 0.3) is 5.69 Å². The first kappa shape index (κ1) is 12.3. The van der Waals surface area contributed by atoms with Gasteiger partial charge in [0.25, 0.3) is 5.56 Å². The maximum absolute atomic E-state index is 12.5. The Bertz CT molecular complexity index is 617. The van der Waals surface area contributed by atoms with Crippen LogP contribution >= 0.6 is 0 Å². The molecule has 0 N–H and O–H groups in total. The highest BCUT2D eigenvalue weighted by atomic mass is 19.4. The number of halogens is 3. The summed E-state index contributed by atoms with van der Waals surface area (Å²) in [4.78, 5) is 15.4. The molecule has 4 nitrogen and oxygen atoms in total. The number of hydrogen-bond donors (Lipinski definition) is 0. The molecule has 0 fully saturated rings. The predicted octanol–water partition coefficient (Wildman–Crippen LogP) is 1.95. The standard InChI is InChI=1S/C11H8F3N3O/c1-7-2-3-8(6-15-7)17-10(18)5-4-9(16-17)11(12,13)14/h2-6H,1H3. The normalized spacial score (nSPS) is 11.6. The maximum Gasteiger partial charge on any atom is 0.435 e. The summed E-state index contributed by atoms with van der Waals surface area (Å²) in [7, 11) is 0. The van der Waals surface area contributed by atoms with Crippen LogP contribution in [0.4, 0.5) is 13.2 Å². The van der Waals surface area contributed by atoms with Crippen LogP contribution in [-0.2, 0) is 6.18 Å². The Morgan fingerprint density at radius 1 is 1.17 bits per heavy atom. The molecule has 0 spiro atoms. The van der Waals surface area contributed by atoms with Crippen molar-refractivity contribution in [2.45, 2.75) is 13.1 Å². The largest absolute Gasteiger partial charge is 0.435 e. The SMILES string of the molecule is Cc1ccc(-n2nc(C(F)(F)F)ccc2=O)cn1. The van der Waals surface area contributed by atoms with Crippen LogP contribution in [0.15, 0.2) is 35.3 Å². The van der Waals surface area contributed by atoms with Gasteiger partial charge < -0.3 is 0 Å². The summed E-state index contributed by atoms with van der Waals surface area (Å²) in [6.07, 6.45) is -3.29. The zero-order valence-corrected chi connectivity index (χ0v) is 9.27. The molecular formula is C11H8F3N3O. The number of pyridine rings is 1. The number of aromatic nitrogens is 3. The first-order valence-electron chi connectivity index (χ1n) is 4.98. The van der Waals surface area contributed by atoms with Crippen molar-refractivity contribution in [3.63, 3.8) is 0 Å². The molecule has 0 unspecified atom stereocenters. The third-order valence-corrected chi connectivity index (χ3v) is 2.23. The summed E-state index contributed by atoms with van der Waals surface area (Å²) in [5.41, 5.74) is -0.883. The van der Waals surface area contributed by atoms with Crippen LogP contribution in [-0.4, -0.2) is 14.8 Å². The van der Waals surface area contributed by atoms with Crippen molar-refractivity contribution in [3.05, 3.63) is 52.2 Å². The molecule has 0 amide bonds. The van der Waals surface area contributed by atoms with Gasteiger partial charge in [0.2, 0.25) is 0 Å². The Labute approximate surface area is 99.7 Å². The molecule has 94 valence electrons. The van der Waals surface area contributed by atoms with Crippen LogP contribution in [0, 0.1) is 6.92 Å². The molecule has 2 aromatic heterocycles. The Morgan fingerprint density at radius 3 is 2.44 bits per heavy atom. The summed E-state index contributed by atoms with van der Waals surface area (Å²) >= 11 is 0. The number of nitrogens with zero attached hydrogens (tertiary/aromatic N) is 3. The van der Waals surface area contributed by atoms with E-state index in [0.29, 0.717) is 16.4 Å². The van der Waals surface area contributed by atoms with E-state index in [2.05, 4.69) is 10.1 Å². The van der Waals surface area contributed by atoms with Gasteiger partial charge in [-0.2, -0.15) is 23.0 Å². The molecule has 18 heavy (non-hydrogen) atoms. The summed E-state index contributed by atoms with van der Waals surface area (Å²) in [6.45, 7) is 1.73. The highest BCUT2D eigenvalue weighted by Crippen LogP contribution is 2.26. The highest BCUT2D eigenvalue weighted by Gasteiger charge is 2.33. The fourth-order valence-electron chi connectivity index (χ4n) is 1.33. The van der Waals surface area contributed by atoms with Gasteiger partial charge in [-0.1, -0.05) is 0 Å². The topological polar surface area (TPSA) is 47.8 Å². The van der Waals surface area contributed by atoms with Crippen molar-refractivity contribution in [1.29, 1.82) is 0 Å². The molecule has 7 heteroatoms. The monoisotopic (exact) mass is 255 g/mol. The zero-order valence-electron chi connectivity index (χ0n) is 9.27. The number of aryl methyl sites for hydroxylation is 1. The third-order valence-electron chi connectivity index (χ3n) is 2.23. The van der Waals surface area contributed by atoms with Gasteiger partial charge in [-0.05, 0) is 25.1 Å². The van der Waals surface area contributed by atoms with E-state index in [-0.39, 0.29) is 5.69 Å². The number of hydrogen-bond acceptors (Lipinski definition) is 3. The quantitative estimate of drug-likeness (QED) is 0.782. The molecule has 0 aliphatic carbocycles. The van der Waals surface area contributed by atoms with Gasteiger partial charge >= 0.3 is 6.18 Å².